The second kappa shape index (κ2) is 6.29. The molecular formula is C14H27NO2. The van der Waals surface area contributed by atoms with Gasteiger partial charge in [0.25, 0.3) is 0 Å². The van der Waals surface area contributed by atoms with E-state index >= 15 is 0 Å². The highest BCUT2D eigenvalue weighted by Gasteiger charge is 2.31. The third kappa shape index (κ3) is 5.97. The number of hydrogen-bond acceptors (Lipinski definition) is 3. The lowest BCUT2D eigenvalue weighted by Crippen LogP contribution is -2.47. The molecule has 0 radical (unpaired) electrons. The van der Waals surface area contributed by atoms with Gasteiger partial charge in [-0.05, 0) is 0 Å². The van der Waals surface area contributed by atoms with Crippen molar-refractivity contribution in [1.29, 1.82) is 0 Å². The first-order valence-electron chi connectivity index (χ1n) is 6.38. The molecule has 0 amide bonds. The average Bonchev–Trinajstić information content (AvgIpc) is 2.13. The molecule has 0 aromatic rings. The van der Waals surface area contributed by atoms with Crippen molar-refractivity contribution in [2.45, 2.75) is 67.0 Å². The van der Waals surface area contributed by atoms with E-state index in [4.69, 9.17) is 0 Å². The fourth-order valence-electron chi connectivity index (χ4n) is 1.59. The molecule has 0 aromatic carbocycles. The Labute approximate surface area is 105 Å². The molecule has 3 heteroatoms. The summed E-state index contributed by atoms with van der Waals surface area (Å²) < 4.78 is 0. The van der Waals surface area contributed by atoms with Gasteiger partial charge in [-0.25, -0.2) is 0 Å². The van der Waals surface area contributed by atoms with E-state index in [-0.39, 0.29) is 29.6 Å². The Bertz CT molecular complexity index is 274. The molecule has 100 valence electrons. The SMILES string of the molecule is CC(C)NC(CC(=O)C(C)C)C(=O)C(C)(C)C. The van der Waals surface area contributed by atoms with Gasteiger partial charge in [-0.2, -0.15) is 0 Å². The van der Waals surface area contributed by atoms with Crippen LogP contribution in [0.4, 0.5) is 0 Å². The third-order valence-corrected chi connectivity index (χ3v) is 2.64. The predicted molar refractivity (Wildman–Crippen MR) is 71.0 cm³/mol. The molecule has 0 heterocycles. The maximum absolute atomic E-state index is 12.2. The van der Waals surface area contributed by atoms with Crippen molar-refractivity contribution in [2.24, 2.45) is 11.3 Å². The van der Waals surface area contributed by atoms with Gasteiger partial charge in [0.15, 0.2) is 5.78 Å². The van der Waals surface area contributed by atoms with Crippen LogP contribution in [0.25, 0.3) is 0 Å². The van der Waals surface area contributed by atoms with E-state index in [0.29, 0.717) is 6.42 Å². The lowest BCUT2D eigenvalue weighted by atomic mass is 9.83. The molecular weight excluding hydrogens is 214 g/mol. The number of hydrogen-bond donors (Lipinski definition) is 1. The lowest BCUT2D eigenvalue weighted by Gasteiger charge is -2.27. The van der Waals surface area contributed by atoms with Crippen molar-refractivity contribution in [3.8, 4) is 0 Å². The maximum atomic E-state index is 12.2. The van der Waals surface area contributed by atoms with Crippen LogP contribution in [0.15, 0.2) is 0 Å². The molecule has 0 fully saturated rings. The van der Waals surface area contributed by atoms with Crippen LogP contribution in [0.5, 0.6) is 0 Å². The summed E-state index contributed by atoms with van der Waals surface area (Å²) in [5.74, 6) is 0.236. The molecule has 0 aromatic heterocycles. The van der Waals surface area contributed by atoms with Crippen LogP contribution in [0, 0.1) is 11.3 Å². The standard InChI is InChI=1S/C14H27NO2/c1-9(2)12(16)8-11(15-10(3)4)13(17)14(5,6)7/h9-11,15H,8H2,1-7H3. The van der Waals surface area contributed by atoms with E-state index in [9.17, 15) is 9.59 Å². The van der Waals surface area contributed by atoms with E-state index in [1.54, 1.807) is 0 Å². The Hall–Kier alpha value is -0.700. The summed E-state index contributed by atoms with van der Waals surface area (Å²) in [6, 6.07) is -0.156. The van der Waals surface area contributed by atoms with Crippen LogP contribution in [0.1, 0.15) is 54.9 Å². The summed E-state index contributed by atoms with van der Waals surface area (Å²) in [5, 5.41) is 3.20. The second-order valence-corrected chi connectivity index (χ2v) is 6.31. The Morgan fingerprint density at radius 1 is 1.06 bits per heavy atom. The van der Waals surface area contributed by atoms with Crippen molar-refractivity contribution >= 4 is 11.6 Å². The highest BCUT2D eigenvalue weighted by atomic mass is 16.1. The Morgan fingerprint density at radius 2 is 1.53 bits per heavy atom. The first kappa shape index (κ1) is 16.3. The molecule has 0 saturated carbocycles. The van der Waals surface area contributed by atoms with Crippen LogP contribution in [-0.2, 0) is 9.59 Å². The topological polar surface area (TPSA) is 46.2 Å². The number of nitrogens with one attached hydrogen (secondary N) is 1. The Morgan fingerprint density at radius 3 is 1.82 bits per heavy atom. The molecule has 3 nitrogen and oxygen atoms in total. The van der Waals surface area contributed by atoms with Crippen molar-refractivity contribution in [2.75, 3.05) is 0 Å². The van der Waals surface area contributed by atoms with Gasteiger partial charge in [-0.3, -0.25) is 9.59 Å². The minimum atomic E-state index is -0.413. The number of ketones is 2. The highest BCUT2D eigenvalue weighted by Crippen LogP contribution is 2.19. The summed E-state index contributed by atoms with van der Waals surface area (Å²) in [6.07, 6.45) is 0.298. The van der Waals surface area contributed by atoms with Crippen LogP contribution >= 0.6 is 0 Å². The molecule has 0 aliphatic carbocycles. The van der Waals surface area contributed by atoms with Gasteiger partial charge in [0.05, 0.1) is 6.04 Å². The first-order valence-corrected chi connectivity index (χ1v) is 6.38. The Kier molecular flexibility index (Phi) is 6.03. The number of carbonyl (C=O) groups excluding carboxylic acids is 2. The number of Topliss-reactive ketones (excluding diaryl/α,β-unsaturated/α-hetero) is 2. The number of carbonyl (C=O) groups is 2. The first-order chi connectivity index (χ1) is 7.55. The van der Waals surface area contributed by atoms with E-state index < -0.39 is 5.41 Å². The minimum Gasteiger partial charge on any atom is -0.305 e. The summed E-state index contributed by atoms with van der Waals surface area (Å²) in [5.41, 5.74) is -0.413. The second-order valence-electron chi connectivity index (χ2n) is 6.31. The zero-order chi connectivity index (χ0) is 13.8. The summed E-state index contributed by atoms with van der Waals surface area (Å²) in [6.45, 7) is 13.4. The normalized spacial score (nSPS) is 14.2. The monoisotopic (exact) mass is 241 g/mol. The predicted octanol–water partition coefficient (Wildman–Crippen LogP) is 2.58. The average molecular weight is 241 g/mol. The summed E-state index contributed by atoms with van der Waals surface area (Å²) in [7, 11) is 0. The maximum Gasteiger partial charge on any atom is 0.155 e. The quantitative estimate of drug-likeness (QED) is 0.777. The number of rotatable bonds is 6. The molecule has 0 spiro atoms. The third-order valence-electron chi connectivity index (χ3n) is 2.64. The van der Waals surface area contributed by atoms with Gasteiger partial charge in [0, 0.05) is 23.8 Å². The van der Waals surface area contributed by atoms with E-state index in [1.165, 1.54) is 0 Å². The fraction of sp³-hybridized carbons (Fsp3) is 0.857. The van der Waals surface area contributed by atoms with Gasteiger partial charge in [0.2, 0.25) is 0 Å². The molecule has 1 unspecified atom stereocenters. The Balaban J connectivity index is 4.77. The zero-order valence-corrected chi connectivity index (χ0v) is 12.3. The van der Waals surface area contributed by atoms with Gasteiger partial charge in [-0.1, -0.05) is 48.5 Å². The van der Waals surface area contributed by atoms with Crippen LogP contribution < -0.4 is 5.32 Å². The molecule has 17 heavy (non-hydrogen) atoms. The van der Waals surface area contributed by atoms with Crippen LogP contribution in [0.2, 0.25) is 0 Å². The van der Waals surface area contributed by atoms with Gasteiger partial charge < -0.3 is 5.32 Å². The van der Waals surface area contributed by atoms with Crippen molar-refractivity contribution in [1.82, 2.24) is 5.32 Å². The molecule has 0 aliphatic heterocycles. The van der Waals surface area contributed by atoms with E-state index in [0.717, 1.165) is 0 Å². The molecule has 0 bridgehead atoms. The van der Waals surface area contributed by atoms with Gasteiger partial charge in [-0.15, -0.1) is 0 Å². The van der Waals surface area contributed by atoms with Crippen LogP contribution in [-0.4, -0.2) is 23.7 Å². The molecule has 1 atom stereocenters. The smallest absolute Gasteiger partial charge is 0.155 e. The molecule has 0 rings (SSSR count). The van der Waals surface area contributed by atoms with Crippen molar-refractivity contribution < 1.29 is 9.59 Å². The molecule has 0 saturated heterocycles. The minimum absolute atomic E-state index is 0.0146. The summed E-state index contributed by atoms with van der Waals surface area (Å²) >= 11 is 0. The van der Waals surface area contributed by atoms with Crippen molar-refractivity contribution in [3.05, 3.63) is 0 Å². The molecule has 1 N–H and O–H groups in total. The largest absolute Gasteiger partial charge is 0.305 e. The van der Waals surface area contributed by atoms with E-state index in [2.05, 4.69) is 5.32 Å². The fourth-order valence-corrected chi connectivity index (χ4v) is 1.59. The molecule has 0 aliphatic rings. The summed E-state index contributed by atoms with van der Waals surface area (Å²) in [4.78, 5) is 24.0. The zero-order valence-electron chi connectivity index (χ0n) is 12.3. The van der Waals surface area contributed by atoms with Gasteiger partial charge >= 0.3 is 0 Å². The van der Waals surface area contributed by atoms with Gasteiger partial charge in [0.1, 0.15) is 5.78 Å². The van der Waals surface area contributed by atoms with E-state index in [1.807, 2.05) is 48.5 Å². The lowest BCUT2D eigenvalue weighted by molar-refractivity contribution is -0.132. The van der Waals surface area contributed by atoms with Crippen molar-refractivity contribution in [3.63, 3.8) is 0 Å². The highest BCUT2D eigenvalue weighted by molar-refractivity contribution is 5.93. The van der Waals surface area contributed by atoms with Crippen LogP contribution in [0.3, 0.4) is 0 Å².